The number of hydrogen-bond donors (Lipinski definition) is 3. The van der Waals surface area contributed by atoms with Gasteiger partial charge in [0.05, 0.1) is 12.0 Å². The van der Waals surface area contributed by atoms with Crippen molar-refractivity contribution in [1.82, 2.24) is 10.6 Å². The summed E-state index contributed by atoms with van der Waals surface area (Å²) in [6.07, 6.45) is -2.04. The number of thiocarbonyl (C=S) groups is 1. The van der Waals surface area contributed by atoms with Crippen molar-refractivity contribution in [2.24, 2.45) is 0 Å². The van der Waals surface area contributed by atoms with Crippen molar-refractivity contribution in [3.8, 4) is 0 Å². The summed E-state index contributed by atoms with van der Waals surface area (Å²) in [4.78, 5) is 21.4. The normalized spacial score (nSPS) is 12.0. The molecule has 8 nitrogen and oxygen atoms in total. The Kier molecular flexibility index (Phi) is 7.07. The average molecular weight is 402 g/mol. The number of anilines is 1. The lowest BCUT2D eigenvalue weighted by atomic mass is 10.3. The third-order valence-electron chi connectivity index (χ3n) is 2.37. The number of non-ortho nitro benzene ring substituents is 1. The Morgan fingerprint density at radius 1 is 1.39 bits per heavy atom. The smallest absolute Gasteiger partial charge is 0.408 e. The van der Waals surface area contributed by atoms with Gasteiger partial charge < -0.3 is 15.4 Å². The van der Waals surface area contributed by atoms with E-state index in [9.17, 15) is 14.9 Å². The summed E-state index contributed by atoms with van der Waals surface area (Å²) in [5, 5.41) is 18.2. The van der Waals surface area contributed by atoms with Crippen molar-refractivity contribution in [2.45, 2.75) is 9.96 Å². The average Bonchev–Trinajstić information content (AvgIpc) is 2.45. The van der Waals surface area contributed by atoms with Crippen molar-refractivity contribution >= 4 is 69.6 Å². The number of ether oxygens (including phenoxy) is 1. The van der Waals surface area contributed by atoms with Gasteiger partial charge in [-0.25, -0.2) is 4.79 Å². The molecule has 0 fully saturated rings. The number of amides is 1. The monoisotopic (exact) mass is 400 g/mol. The first-order chi connectivity index (χ1) is 10.6. The van der Waals surface area contributed by atoms with E-state index < -0.39 is 21.0 Å². The van der Waals surface area contributed by atoms with Gasteiger partial charge in [-0.15, -0.1) is 0 Å². The lowest BCUT2D eigenvalue weighted by Crippen LogP contribution is -2.56. The van der Waals surface area contributed by atoms with Gasteiger partial charge in [0.2, 0.25) is 3.79 Å². The number of nitrogens with one attached hydrogen (secondary N) is 3. The first-order valence-electron chi connectivity index (χ1n) is 5.86. The number of methoxy groups -OCH3 is 1. The van der Waals surface area contributed by atoms with Crippen LogP contribution in [0.1, 0.15) is 0 Å². The summed E-state index contributed by atoms with van der Waals surface area (Å²) in [5.41, 5.74) is 0.223. The molecule has 0 aromatic heterocycles. The molecule has 1 atom stereocenters. The summed E-state index contributed by atoms with van der Waals surface area (Å²) >= 11 is 22.2. The highest BCUT2D eigenvalue weighted by molar-refractivity contribution is 7.80. The number of nitro groups is 1. The lowest BCUT2D eigenvalue weighted by molar-refractivity contribution is -0.384. The maximum absolute atomic E-state index is 11.2. The summed E-state index contributed by atoms with van der Waals surface area (Å²) in [6.45, 7) is 0. The molecule has 12 heteroatoms. The summed E-state index contributed by atoms with van der Waals surface area (Å²) in [7, 11) is 1.14. The molecule has 0 bridgehead atoms. The number of benzene rings is 1. The van der Waals surface area contributed by atoms with E-state index >= 15 is 0 Å². The van der Waals surface area contributed by atoms with Crippen LogP contribution in [0.4, 0.5) is 16.2 Å². The van der Waals surface area contributed by atoms with Crippen LogP contribution >= 0.6 is 47.0 Å². The minimum absolute atomic E-state index is 0.0294. The first kappa shape index (κ1) is 19.5. The predicted molar refractivity (Wildman–Crippen MR) is 92.1 cm³/mol. The van der Waals surface area contributed by atoms with Crippen molar-refractivity contribution in [1.29, 1.82) is 0 Å². The highest BCUT2D eigenvalue weighted by atomic mass is 35.6. The number of alkyl halides is 3. The van der Waals surface area contributed by atoms with E-state index in [0.29, 0.717) is 5.69 Å². The maximum atomic E-state index is 11.2. The molecule has 23 heavy (non-hydrogen) atoms. The van der Waals surface area contributed by atoms with E-state index in [4.69, 9.17) is 47.0 Å². The molecule has 0 spiro atoms. The van der Waals surface area contributed by atoms with Crippen LogP contribution in [0.2, 0.25) is 0 Å². The van der Waals surface area contributed by atoms with E-state index in [2.05, 4.69) is 20.7 Å². The molecule has 0 aliphatic heterocycles. The van der Waals surface area contributed by atoms with E-state index in [-0.39, 0.29) is 10.8 Å². The number of nitro benzene ring substituents is 1. The predicted octanol–water partition coefficient (Wildman–Crippen LogP) is 2.93. The lowest BCUT2D eigenvalue weighted by Gasteiger charge is -2.27. The van der Waals surface area contributed by atoms with E-state index in [1.807, 2.05) is 0 Å². The molecule has 3 N–H and O–H groups in total. The zero-order valence-electron chi connectivity index (χ0n) is 11.5. The van der Waals surface area contributed by atoms with E-state index in [1.165, 1.54) is 18.2 Å². The number of halogens is 3. The highest BCUT2D eigenvalue weighted by Crippen LogP contribution is 2.29. The van der Waals surface area contributed by atoms with Crippen LogP contribution in [0.25, 0.3) is 0 Å². The van der Waals surface area contributed by atoms with Gasteiger partial charge in [-0.05, 0) is 18.3 Å². The minimum atomic E-state index is -1.93. The molecule has 0 heterocycles. The molecule has 1 aromatic rings. The van der Waals surface area contributed by atoms with Crippen molar-refractivity contribution in [2.75, 3.05) is 12.4 Å². The third kappa shape index (κ3) is 6.61. The Morgan fingerprint density at radius 3 is 2.57 bits per heavy atom. The second-order valence-corrected chi connectivity index (χ2v) is 6.79. The van der Waals surface area contributed by atoms with Crippen LogP contribution in [0.15, 0.2) is 24.3 Å². The number of nitrogens with zero attached hydrogens (tertiary/aromatic N) is 1. The SMILES string of the molecule is COC(=O)N[C@@H](NC(=S)Nc1cccc([N+](=O)[O-])c1)C(Cl)(Cl)Cl. The topological polar surface area (TPSA) is 106 Å². The van der Waals surface area contributed by atoms with Gasteiger partial charge in [0, 0.05) is 17.8 Å². The molecule has 0 aliphatic rings. The molecule has 0 unspecified atom stereocenters. The number of hydrogen-bond acceptors (Lipinski definition) is 5. The molecule has 0 saturated heterocycles. The molecule has 126 valence electrons. The second kappa shape index (κ2) is 8.34. The van der Waals surface area contributed by atoms with E-state index in [1.54, 1.807) is 6.07 Å². The maximum Gasteiger partial charge on any atom is 0.408 e. The number of rotatable bonds is 4. The van der Waals surface area contributed by atoms with Gasteiger partial charge in [0.25, 0.3) is 5.69 Å². The Morgan fingerprint density at radius 2 is 2.04 bits per heavy atom. The fraction of sp³-hybridized carbons (Fsp3) is 0.273. The fourth-order valence-electron chi connectivity index (χ4n) is 1.37. The molecule has 1 rings (SSSR count). The van der Waals surface area contributed by atoms with E-state index in [0.717, 1.165) is 7.11 Å². The van der Waals surface area contributed by atoms with Crippen LogP contribution in [-0.4, -0.2) is 33.2 Å². The zero-order valence-corrected chi connectivity index (χ0v) is 14.6. The van der Waals surface area contributed by atoms with Gasteiger partial charge in [0.1, 0.15) is 0 Å². The minimum Gasteiger partial charge on any atom is -0.453 e. The molecule has 1 aromatic carbocycles. The third-order valence-corrected chi connectivity index (χ3v) is 3.24. The Balaban J connectivity index is 2.77. The van der Waals surface area contributed by atoms with Gasteiger partial charge in [-0.2, -0.15) is 0 Å². The zero-order chi connectivity index (χ0) is 17.6. The molecule has 0 radical (unpaired) electrons. The fourth-order valence-corrected chi connectivity index (χ4v) is 1.94. The van der Waals surface area contributed by atoms with Crippen LogP contribution in [0.5, 0.6) is 0 Å². The molecule has 0 aliphatic carbocycles. The number of carbonyl (C=O) groups excluding carboxylic acids is 1. The Labute approximate surface area is 151 Å². The van der Waals surface area contributed by atoms with Crippen molar-refractivity contribution < 1.29 is 14.5 Å². The van der Waals surface area contributed by atoms with Crippen molar-refractivity contribution in [3.05, 3.63) is 34.4 Å². The standard InChI is InChI=1S/C11H11Cl3N4O4S/c1-22-10(19)17-8(11(12,13)14)16-9(23)15-6-3-2-4-7(5-6)18(20)21/h2-5,8H,1H3,(H,17,19)(H2,15,16,23)/t8-/m1/s1. The van der Waals surface area contributed by atoms with Gasteiger partial charge >= 0.3 is 6.09 Å². The quantitative estimate of drug-likeness (QED) is 0.234. The molecular weight excluding hydrogens is 391 g/mol. The van der Waals surface area contributed by atoms with Crippen LogP contribution in [0, 0.1) is 10.1 Å². The van der Waals surface area contributed by atoms with Crippen LogP contribution < -0.4 is 16.0 Å². The Hall–Kier alpha value is -1.55. The highest BCUT2D eigenvalue weighted by Gasteiger charge is 2.35. The summed E-state index contributed by atoms with van der Waals surface area (Å²) < 4.78 is 2.49. The molecule has 0 saturated carbocycles. The number of alkyl carbamates (subject to hydrolysis) is 1. The van der Waals surface area contributed by atoms with Gasteiger partial charge in [-0.1, -0.05) is 40.9 Å². The van der Waals surface area contributed by atoms with Crippen LogP contribution in [0.3, 0.4) is 0 Å². The summed E-state index contributed by atoms with van der Waals surface area (Å²) in [5.74, 6) is 0. The largest absolute Gasteiger partial charge is 0.453 e. The Bertz CT molecular complexity index is 611. The molecular formula is C11H11Cl3N4O4S. The van der Waals surface area contributed by atoms with Crippen LogP contribution in [-0.2, 0) is 4.74 Å². The first-order valence-corrected chi connectivity index (χ1v) is 7.41. The molecule has 1 amide bonds. The van der Waals surface area contributed by atoms with Gasteiger partial charge in [0.15, 0.2) is 11.3 Å². The number of carbonyl (C=O) groups is 1. The van der Waals surface area contributed by atoms with Crippen molar-refractivity contribution in [3.63, 3.8) is 0 Å². The second-order valence-electron chi connectivity index (χ2n) is 4.02. The van der Waals surface area contributed by atoms with Gasteiger partial charge in [-0.3, -0.25) is 15.4 Å². The summed E-state index contributed by atoms with van der Waals surface area (Å²) in [6, 6.07) is 5.62.